The van der Waals surface area contributed by atoms with Crippen LogP contribution in [0.2, 0.25) is 0 Å². The van der Waals surface area contributed by atoms with Gasteiger partial charge >= 0.3 is 0 Å². The fourth-order valence-electron chi connectivity index (χ4n) is 4.00. The first-order valence-electron chi connectivity index (χ1n) is 9.58. The third-order valence-electron chi connectivity index (χ3n) is 5.55. The molecule has 0 aliphatic heterocycles. The quantitative estimate of drug-likeness (QED) is 0.550. The Kier molecular flexibility index (Phi) is 4.24. The van der Waals surface area contributed by atoms with Crippen molar-refractivity contribution in [2.75, 3.05) is 12.4 Å². The van der Waals surface area contributed by atoms with E-state index in [0.29, 0.717) is 5.82 Å². The number of benzene rings is 2. The number of pyridine rings is 1. The van der Waals surface area contributed by atoms with Crippen molar-refractivity contribution in [3.05, 3.63) is 72.2 Å². The van der Waals surface area contributed by atoms with E-state index in [1.54, 1.807) is 19.5 Å². The molecule has 6 nitrogen and oxygen atoms in total. The van der Waals surface area contributed by atoms with Crippen molar-refractivity contribution in [2.45, 2.75) is 18.8 Å². The highest BCUT2D eigenvalue weighted by molar-refractivity contribution is 5.98. The molecule has 4 aromatic rings. The van der Waals surface area contributed by atoms with E-state index in [4.69, 9.17) is 4.74 Å². The first kappa shape index (κ1) is 17.4. The molecule has 2 N–H and O–H groups in total. The number of aryl methyl sites for hydroxylation is 1. The lowest BCUT2D eigenvalue weighted by Gasteiger charge is -2.13. The van der Waals surface area contributed by atoms with Crippen molar-refractivity contribution >= 4 is 22.5 Å². The predicted molar refractivity (Wildman–Crippen MR) is 112 cm³/mol. The maximum atomic E-state index is 12.9. The van der Waals surface area contributed by atoms with Crippen LogP contribution in [0.15, 0.2) is 61.1 Å². The van der Waals surface area contributed by atoms with E-state index in [-0.39, 0.29) is 11.8 Å². The van der Waals surface area contributed by atoms with Crippen molar-refractivity contribution in [3.63, 3.8) is 0 Å². The van der Waals surface area contributed by atoms with Gasteiger partial charge in [0.1, 0.15) is 11.6 Å². The van der Waals surface area contributed by atoms with Crippen LogP contribution in [0.1, 0.15) is 23.5 Å². The Morgan fingerprint density at radius 3 is 2.86 bits per heavy atom. The first-order chi connectivity index (χ1) is 14.2. The molecule has 0 radical (unpaired) electrons. The number of carbonyl (C=O) groups is 1. The molecule has 0 fully saturated rings. The summed E-state index contributed by atoms with van der Waals surface area (Å²) in [6, 6.07) is 14.0. The van der Waals surface area contributed by atoms with Gasteiger partial charge in [-0.3, -0.25) is 9.89 Å². The van der Waals surface area contributed by atoms with Crippen LogP contribution in [0, 0.1) is 0 Å². The second-order valence-electron chi connectivity index (χ2n) is 7.26. The van der Waals surface area contributed by atoms with Gasteiger partial charge in [0.2, 0.25) is 5.91 Å². The van der Waals surface area contributed by atoms with Crippen molar-refractivity contribution in [3.8, 4) is 16.9 Å². The molecular weight excluding hydrogens is 364 g/mol. The van der Waals surface area contributed by atoms with Gasteiger partial charge < -0.3 is 10.1 Å². The molecule has 0 saturated carbocycles. The topological polar surface area (TPSA) is 79.9 Å². The minimum absolute atomic E-state index is 0.0215. The van der Waals surface area contributed by atoms with Crippen LogP contribution >= 0.6 is 0 Å². The van der Waals surface area contributed by atoms with E-state index >= 15 is 0 Å². The fourth-order valence-corrected chi connectivity index (χ4v) is 4.00. The van der Waals surface area contributed by atoms with Crippen molar-refractivity contribution < 1.29 is 9.53 Å². The Bertz CT molecular complexity index is 1200. The largest absolute Gasteiger partial charge is 0.497 e. The Morgan fingerprint density at radius 2 is 2.03 bits per heavy atom. The third kappa shape index (κ3) is 3.23. The highest BCUT2D eigenvalue weighted by Crippen LogP contribution is 2.36. The SMILES string of the molecule is COc1ccc2c(c1)CC[C@@H]2C(=O)Nc1cc2cc(-c3cn[nH]c3)ccc2cn1. The standard InChI is InChI=1S/C23H20N4O2/c1-29-19-5-7-20-15(9-19)4-6-21(20)23(28)27-22-10-17-8-14(18-12-25-26-13-18)2-3-16(17)11-24-22/h2-3,5,7-13,21H,4,6H2,1H3,(H,25,26)(H,24,27,28)/t21-/m0/s1. The van der Waals surface area contributed by atoms with Gasteiger partial charge in [0, 0.05) is 23.3 Å². The van der Waals surface area contributed by atoms with Crippen LogP contribution in [-0.2, 0) is 11.2 Å². The number of hydrogen-bond acceptors (Lipinski definition) is 4. The number of fused-ring (bicyclic) bond motifs is 2. The number of rotatable bonds is 4. The molecule has 0 bridgehead atoms. The summed E-state index contributed by atoms with van der Waals surface area (Å²) in [5.41, 5.74) is 4.34. The molecule has 29 heavy (non-hydrogen) atoms. The molecule has 2 heterocycles. The smallest absolute Gasteiger partial charge is 0.233 e. The van der Waals surface area contributed by atoms with Crippen LogP contribution in [-0.4, -0.2) is 28.2 Å². The highest BCUT2D eigenvalue weighted by atomic mass is 16.5. The molecule has 1 amide bonds. The van der Waals surface area contributed by atoms with Gasteiger partial charge in [-0.05, 0) is 59.2 Å². The van der Waals surface area contributed by atoms with E-state index in [1.165, 1.54) is 5.56 Å². The molecule has 1 aliphatic rings. The fraction of sp³-hybridized carbons (Fsp3) is 0.174. The van der Waals surface area contributed by atoms with Gasteiger partial charge in [-0.25, -0.2) is 4.98 Å². The number of ether oxygens (including phenoxy) is 1. The summed E-state index contributed by atoms with van der Waals surface area (Å²) in [5, 5.41) is 11.9. The molecule has 144 valence electrons. The number of hydrogen-bond donors (Lipinski definition) is 2. The zero-order chi connectivity index (χ0) is 19.8. The molecule has 2 aromatic heterocycles. The molecule has 2 aromatic carbocycles. The monoisotopic (exact) mass is 384 g/mol. The summed E-state index contributed by atoms with van der Waals surface area (Å²) < 4.78 is 5.29. The zero-order valence-electron chi connectivity index (χ0n) is 16.0. The molecule has 0 spiro atoms. The lowest BCUT2D eigenvalue weighted by atomic mass is 10.0. The van der Waals surface area contributed by atoms with Crippen molar-refractivity contribution in [1.29, 1.82) is 0 Å². The van der Waals surface area contributed by atoms with Gasteiger partial charge in [0.25, 0.3) is 0 Å². The van der Waals surface area contributed by atoms with E-state index in [2.05, 4.69) is 26.6 Å². The van der Waals surface area contributed by atoms with Crippen molar-refractivity contribution in [1.82, 2.24) is 15.2 Å². The molecule has 6 heteroatoms. The lowest BCUT2D eigenvalue weighted by molar-refractivity contribution is -0.117. The summed E-state index contributed by atoms with van der Waals surface area (Å²) in [4.78, 5) is 17.4. The first-order valence-corrected chi connectivity index (χ1v) is 9.58. The number of amides is 1. The number of nitrogens with one attached hydrogen (secondary N) is 2. The van der Waals surface area contributed by atoms with E-state index < -0.39 is 0 Å². The van der Waals surface area contributed by atoms with Crippen LogP contribution in [0.4, 0.5) is 5.82 Å². The third-order valence-corrected chi connectivity index (χ3v) is 5.55. The Balaban J connectivity index is 1.40. The summed E-state index contributed by atoms with van der Waals surface area (Å²) in [7, 11) is 1.66. The minimum Gasteiger partial charge on any atom is -0.497 e. The number of aromatic nitrogens is 3. The maximum Gasteiger partial charge on any atom is 0.233 e. The Labute approximate surface area is 167 Å². The number of anilines is 1. The molecule has 1 atom stereocenters. The number of H-pyrrole nitrogens is 1. The van der Waals surface area contributed by atoms with Crippen LogP contribution < -0.4 is 10.1 Å². The summed E-state index contributed by atoms with van der Waals surface area (Å²) >= 11 is 0. The lowest BCUT2D eigenvalue weighted by Crippen LogP contribution is -2.20. The maximum absolute atomic E-state index is 12.9. The number of methoxy groups -OCH3 is 1. The normalized spacial score (nSPS) is 15.3. The number of aromatic amines is 1. The van der Waals surface area contributed by atoms with E-state index in [0.717, 1.165) is 46.1 Å². The van der Waals surface area contributed by atoms with Crippen molar-refractivity contribution in [2.24, 2.45) is 0 Å². The second kappa shape index (κ2) is 7.05. The minimum atomic E-state index is -0.161. The Hall–Kier alpha value is -3.67. The molecule has 1 aliphatic carbocycles. The predicted octanol–water partition coefficient (Wildman–Crippen LogP) is 4.30. The molecule has 5 rings (SSSR count). The Morgan fingerprint density at radius 1 is 1.10 bits per heavy atom. The number of nitrogens with zero attached hydrogens (tertiary/aromatic N) is 2. The summed E-state index contributed by atoms with van der Waals surface area (Å²) in [6.45, 7) is 0. The molecule has 0 saturated heterocycles. The average Bonchev–Trinajstić information content (AvgIpc) is 3.42. The summed E-state index contributed by atoms with van der Waals surface area (Å²) in [6.07, 6.45) is 7.11. The van der Waals surface area contributed by atoms with Gasteiger partial charge in [-0.15, -0.1) is 0 Å². The van der Waals surface area contributed by atoms with Gasteiger partial charge in [0.15, 0.2) is 0 Å². The van der Waals surface area contributed by atoms with Gasteiger partial charge in [0.05, 0.1) is 19.2 Å². The zero-order valence-corrected chi connectivity index (χ0v) is 16.0. The van der Waals surface area contributed by atoms with E-state index in [9.17, 15) is 4.79 Å². The second-order valence-corrected chi connectivity index (χ2v) is 7.26. The van der Waals surface area contributed by atoms with Gasteiger partial charge in [-0.2, -0.15) is 5.10 Å². The average molecular weight is 384 g/mol. The van der Waals surface area contributed by atoms with Gasteiger partial charge in [-0.1, -0.05) is 18.2 Å². The van der Waals surface area contributed by atoms with Crippen LogP contribution in [0.25, 0.3) is 21.9 Å². The highest BCUT2D eigenvalue weighted by Gasteiger charge is 2.29. The molecule has 0 unspecified atom stereocenters. The summed E-state index contributed by atoms with van der Waals surface area (Å²) in [5.74, 6) is 1.21. The molecular formula is C23H20N4O2. The van der Waals surface area contributed by atoms with E-state index in [1.807, 2.05) is 42.6 Å². The van der Waals surface area contributed by atoms with Crippen LogP contribution in [0.5, 0.6) is 5.75 Å². The van der Waals surface area contributed by atoms with Crippen LogP contribution in [0.3, 0.4) is 0 Å². The number of carbonyl (C=O) groups excluding carboxylic acids is 1.